The van der Waals surface area contributed by atoms with Crippen molar-refractivity contribution < 1.29 is 24.2 Å². The summed E-state index contributed by atoms with van der Waals surface area (Å²) in [5, 5.41) is 14.2. The molecule has 4 aliphatic carbocycles. The Labute approximate surface area is 271 Å². The second kappa shape index (κ2) is 11.7. The highest BCUT2D eigenvalue weighted by Gasteiger charge is 2.68. The topological polar surface area (TPSA) is 84.9 Å². The minimum absolute atomic E-state index is 0.0685. The van der Waals surface area contributed by atoms with Gasteiger partial charge in [0.1, 0.15) is 17.3 Å². The first-order valence-electron chi connectivity index (χ1n) is 17.4. The Morgan fingerprint density at radius 2 is 1.74 bits per heavy atom. The van der Waals surface area contributed by atoms with E-state index in [4.69, 9.17) is 9.47 Å². The molecule has 3 fully saturated rings. The number of rotatable bonds is 7. The van der Waals surface area contributed by atoms with Crippen LogP contribution in [0.15, 0.2) is 88.9 Å². The first kappa shape index (κ1) is 29.5. The molecular formula is C40H43NO5. The SMILES string of the molecule is CCCC=C1OC(=O)C2=C(c3cc(O)ccc3-c3ccccc3)[C@@H]3CC[C@]12[C@H]1C2=C(CC[C@H]31)C(=CCCC1CCNCC1)OC2=O. The Morgan fingerprint density at radius 3 is 2.54 bits per heavy atom. The molecule has 3 aliphatic heterocycles. The molecule has 0 amide bonds. The fourth-order valence-electron chi connectivity index (χ4n) is 9.78. The third kappa shape index (κ3) is 4.55. The smallest absolute Gasteiger partial charge is 0.340 e. The monoisotopic (exact) mass is 617 g/mol. The van der Waals surface area contributed by atoms with Gasteiger partial charge in [-0.2, -0.15) is 0 Å². The minimum Gasteiger partial charge on any atom is -0.508 e. The molecule has 2 N–H and O–H groups in total. The van der Waals surface area contributed by atoms with Crippen LogP contribution >= 0.6 is 0 Å². The highest BCUT2D eigenvalue weighted by atomic mass is 16.5. The normalized spacial score (nSPS) is 30.5. The summed E-state index contributed by atoms with van der Waals surface area (Å²) < 4.78 is 12.3. The lowest BCUT2D eigenvalue weighted by Crippen LogP contribution is -2.52. The zero-order valence-corrected chi connectivity index (χ0v) is 26.6. The first-order chi connectivity index (χ1) is 22.5. The van der Waals surface area contributed by atoms with E-state index in [2.05, 4.69) is 36.5 Å². The van der Waals surface area contributed by atoms with Gasteiger partial charge in [0.05, 0.1) is 11.0 Å². The highest BCUT2D eigenvalue weighted by molar-refractivity contribution is 6.07. The maximum atomic E-state index is 14.2. The Kier molecular flexibility index (Phi) is 7.51. The Hall–Kier alpha value is -3.90. The molecule has 4 atom stereocenters. The quantitative estimate of drug-likeness (QED) is 0.306. The van der Waals surface area contributed by atoms with E-state index in [-0.39, 0.29) is 35.4 Å². The van der Waals surface area contributed by atoms with Crippen molar-refractivity contribution in [3.8, 4) is 16.9 Å². The van der Waals surface area contributed by atoms with Crippen LogP contribution in [0.5, 0.6) is 5.75 Å². The number of hydrogen-bond donors (Lipinski definition) is 2. The van der Waals surface area contributed by atoms with Gasteiger partial charge in [-0.1, -0.05) is 49.7 Å². The van der Waals surface area contributed by atoms with Gasteiger partial charge in [0, 0.05) is 17.1 Å². The molecule has 238 valence electrons. The van der Waals surface area contributed by atoms with E-state index in [0.717, 1.165) is 104 Å². The van der Waals surface area contributed by atoms with Crippen LogP contribution in [0.25, 0.3) is 16.7 Å². The van der Waals surface area contributed by atoms with Crippen LogP contribution in [-0.2, 0) is 19.1 Å². The Bertz CT molecular complexity index is 1710. The zero-order chi connectivity index (χ0) is 31.4. The molecule has 1 spiro atoms. The predicted octanol–water partition coefficient (Wildman–Crippen LogP) is 8.01. The van der Waals surface area contributed by atoms with Gasteiger partial charge in [0.25, 0.3) is 0 Å². The molecule has 0 unspecified atom stereocenters. The number of carbonyl (C=O) groups excluding carboxylic acids is 2. The number of unbranched alkanes of at least 4 members (excludes halogenated alkanes) is 1. The van der Waals surface area contributed by atoms with Crippen LogP contribution < -0.4 is 5.32 Å². The zero-order valence-electron chi connectivity index (χ0n) is 26.6. The van der Waals surface area contributed by atoms with E-state index in [1.165, 1.54) is 12.8 Å². The molecule has 9 rings (SSSR count). The molecule has 3 heterocycles. The van der Waals surface area contributed by atoms with Gasteiger partial charge < -0.3 is 19.9 Å². The number of nitrogens with one attached hydrogen (secondary N) is 1. The van der Waals surface area contributed by atoms with E-state index < -0.39 is 5.41 Å². The van der Waals surface area contributed by atoms with E-state index in [0.29, 0.717) is 17.3 Å². The van der Waals surface area contributed by atoms with Crippen molar-refractivity contribution >= 4 is 17.5 Å². The lowest BCUT2D eigenvalue weighted by atomic mass is 9.44. The van der Waals surface area contributed by atoms with Crippen LogP contribution in [0.4, 0.5) is 0 Å². The molecule has 7 aliphatic rings. The third-order valence-corrected chi connectivity index (χ3v) is 11.7. The van der Waals surface area contributed by atoms with E-state index in [1.54, 1.807) is 6.07 Å². The number of fused-ring (bicyclic) bond motifs is 1. The average molecular weight is 618 g/mol. The summed E-state index contributed by atoms with van der Waals surface area (Å²) in [6.45, 7) is 4.29. The van der Waals surface area contributed by atoms with Gasteiger partial charge in [0.15, 0.2) is 0 Å². The predicted molar refractivity (Wildman–Crippen MR) is 177 cm³/mol. The Morgan fingerprint density at radius 1 is 0.913 bits per heavy atom. The van der Waals surface area contributed by atoms with Crippen molar-refractivity contribution in [1.29, 1.82) is 0 Å². The van der Waals surface area contributed by atoms with Crippen LogP contribution in [-0.4, -0.2) is 30.1 Å². The van der Waals surface area contributed by atoms with Gasteiger partial charge in [-0.05, 0) is 135 Å². The molecule has 0 aromatic heterocycles. The summed E-state index contributed by atoms with van der Waals surface area (Å²) in [4.78, 5) is 28.1. The number of benzene rings is 2. The average Bonchev–Trinajstić information content (AvgIpc) is 3.57. The molecule has 2 aromatic carbocycles. The fourth-order valence-corrected chi connectivity index (χ4v) is 9.78. The van der Waals surface area contributed by atoms with Gasteiger partial charge in [0.2, 0.25) is 0 Å². The second-order valence-electron chi connectivity index (χ2n) is 14.0. The van der Waals surface area contributed by atoms with Crippen LogP contribution in [0.3, 0.4) is 0 Å². The molecule has 46 heavy (non-hydrogen) atoms. The van der Waals surface area contributed by atoms with Crippen molar-refractivity contribution in [3.05, 3.63) is 94.5 Å². The van der Waals surface area contributed by atoms with Crippen LogP contribution in [0.1, 0.15) is 76.7 Å². The summed E-state index contributed by atoms with van der Waals surface area (Å²) >= 11 is 0. The fraction of sp³-hybridized carbons (Fsp3) is 0.450. The number of cyclic esters (lactones) is 2. The minimum atomic E-state index is -0.717. The van der Waals surface area contributed by atoms with Crippen LogP contribution in [0, 0.1) is 29.1 Å². The summed E-state index contributed by atoms with van der Waals surface area (Å²) in [7, 11) is 0. The summed E-state index contributed by atoms with van der Waals surface area (Å²) in [6.07, 6.45) is 13.8. The first-order valence-corrected chi connectivity index (χ1v) is 17.4. The van der Waals surface area contributed by atoms with E-state index >= 15 is 0 Å². The lowest BCUT2D eigenvalue weighted by molar-refractivity contribution is -0.135. The number of piperidine rings is 1. The van der Waals surface area contributed by atoms with Gasteiger partial charge in [-0.15, -0.1) is 0 Å². The molecule has 2 bridgehead atoms. The number of esters is 2. The number of allylic oxidation sites excluding steroid dienone is 5. The summed E-state index contributed by atoms with van der Waals surface area (Å²) in [6, 6.07) is 15.7. The molecule has 2 aromatic rings. The number of aromatic hydroxyl groups is 1. The maximum absolute atomic E-state index is 14.2. The second-order valence-corrected chi connectivity index (χ2v) is 14.0. The van der Waals surface area contributed by atoms with Crippen molar-refractivity contribution in [1.82, 2.24) is 5.32 Å². The van der Waals surface area contributed by atoms with E-state index in [1.807, 2.05) is 30.3 Å². The van der Waals surface area contributed by atoms with E-state index in [9.17, 15) is 14.7 Å². The van der Waals surface area contributed by atoms with Crippen molar-refractivity contribution in [2.45, 2.75) is 71.1 Å². The standard InChI is InChI=1S/C40H43NO5/c1-2-3-12-33-40-20-17-28(34(37(40)39(44)46-33)31-23-26(42)13-14-27(31)25-9-5-4-6-10-25)29-15-16-30-32(45-38(43)35(30)36(29)40)11-7-8-24-18-21-41-22-19-24/h4-6,9-14,23-24,28-29,36,41-42H,2-3,7-8,15-22H2,1H3/t28-,29-,36-,40-/m1/s1. The highest BCUT2D eigenvalue weighted by Crippen LogP contribution is 2.72. The van der Waals surface area contributed by atoms with Crippen molar-refractivity contribution in [2.75, 3.05) is 13.1 Å². The van der Waals surface area contributed by atoms with Crippen molar-refractivity contribution in [2.24, 2.45) is 29.1 Å². The number of carbonyl (C=O) groups is 2. The molecule has 2 saturated heterocycles. The van der Waals surface area contributed by atoms with Gasteiger partial charge >= 0.3 is 11.9 Å². The molecule has 6 nitrogen and oxygen atoms in total. The van der Waals surface area contributed by atoms with Gasteiger partial charge in [-0.3, -0.25) is 0 Å². The molecule has 0 radical (unpaired) electrons. The van der Waals surface area contributed by atoms with Crippen LogP contribution in [0.2, 0.25) is 0 Å². The largest absolute Gasteiger partial charge is 0.508 e. The number of ether oxygens (including phenoxy) is 2. The molecular weight excluding hydrogens is 574 g/mol. The summed E-state index contributed by atoms with van der Waals surface area (Å²) in [5.74, 6) is 1.88. The Balaban J connectivity index is 1.28. The van der Waals surface area contributed by atoms with Gasteiger partial charge in [-0.25, -0.2) is 9.59 Å². The molecule has 6 heteroatoms. The lowest BCUT2D eigenvalue weighted by Gasteiger charge is -2.56. The third-order valence-electron chi connectivity index (χ3n) is 11.7. The van der Waals surface area contributed by atoms with Crippen molar-refractivity contribution in [3.63, 3.8) is 0 Å². The number of hydrogen-bond acceptors (Lipinski definition) is 6. The number of phenolic OH excluding ortho intramolecular Hbond substituents is 1. The number of phenols is 1. The molecule has 1 saturated carbocycles. The maximum Gasteiger partial charge on any atom is 0.340 e. The summed E-state index contributed by atoms with van der Waals surface area (Å²) in [5.41, 5.74) is 5.74.